The average molecular weight is 310 g/mol. The molecular formula is C14H20ClN5O. The van der Waals surface area contributed by atoms with E-state index in [1.54, 1.807) is 17.1 Å². The number of carbonyl (C=O) groups excluding carboxylic acids is 1. The highest BCUT2D eigenvalue weighted by atomic mass is 35.5. The average Bonchev–Trinajstić information content (AvgIpc) is 3.00. The summed E-state index contributed by atoms with van der Waals surface area (Å²) in [6, 6.07) is 6.88. The molecule has 1 amide bonds. The van der Waals surface area contributed by atoms with Gasteiger partial charge in [-0.3, -0.25) is 4.79 Å². The molecule has 1 aromatic heterocycles. The molecule has 0 saturated carbocycles. The predicted octanol–water partition coefficient (Wildman–Crippen LogP) is 2.00. The van der Waals surface area contributed by atoms with Crippen molar-refractivity contribution in [3.63, 3.8) is 0 Å². The van der Waals surface area contributed by atoms with Gasteiger partial charge in [0.25, 0.3) is 0 Å². The number of rotatable bonds is 5. The van der Waals surface area contributed by atoms with Crippen LogP contribution in [0, 0.1) is 5.92 Å². The van der Waals surface area contributed by atoms with Gasteiger partial charge < -0.3 is 11.1 Å². The van der Waals surface area contributed by atoms with Gasteiger partial charge in [0.05, 0.1) is 24.1 Å². The molecular weight excluding hydrogens is 290 g/mol. The second kappa shape index (κ2) is 7.75. The molecule has 2 rings (SSSR count). The number of nitrogens with two attached hydrogens (primary N) is 1. The van der Waals surface area contributed by atoms with E-state index < -0.39 is 6.04 Å². The summed E-state index contributed by atoms with van der Waals surface area (Å²) in [5.41, 5.74) is 7.44. The lowest BCUT2D eigenvalue weighted by molar-refractivity contribution is -0.118. The molecule has 0 radical (unpaired) electrons. The lowest BCUT2D eigenvalue weighted by atomic mass is 9.99. The number of aromatic nitrogens is 3. The summed E-state index contributed by atoms with van der Waals surface area (Å²) in [5, 5.41) is 10.5. The quantitative estimate of drug-likeness (QED) is 0.884. The number of amides is 1. The largest absolute Gasteiger partial charge is 0.325 e. The second-order valence-electron chi connectivity index (χ2n) is 4.80. The molecule has 0 aliphatic rings. The minimum absolute atomic E-state index is 0. The fourth-order valence-electron chi connectivity index (χ4n) is 1.81. The number of benzene rings is 1. The minimum Gasteiger partial charge on any atom is -0.325 e. The fraction of sp³-hybridized carbons (Fsp3) is 0.357. The van der Waals surface area contributed by atoms with Crippen LogP contribution in [-0.4, -0.2) is 26.9 Å². The molecule has 114 valence electrons. The summed E-state index contributed by atoms with van der Waals surface area (Å²) in [6.45, 7) is 3.99. The maximum atomic E-state index is 12.0. The zero-order chi connectivity index (χ0) is 14.5. The highest BCUT2D eigenvalue weighted by Gasteiger charge is 2.19. The van der Waals surface area contributed by atoms with E-state index in [4.69, 9.17) is 5.73 Å². The van der Waals surface area contributed by atoms with Crippen LogP contribution in [-0.2, 0) is 4.79 Å². The Kier molecular flexibility index (Phi) is 6.33. The molecule has 7 heteroatoms. The van der Waals surface area contributed by atoms with Crippen LogP contribution in [0.3, 0.4) is 0 Å². The maximum absolute atomic E-state index is 12.0. The maximum Gasteiger partial charge on any atom is 0.241 e. The van der Waals surface area contributed by atoms with Gasteiger partial charge in [0.15, 0.2) is 0 Å². The number of hydrogen-bond donors (Lipinski definition) is 2. The lowest BCUT2D eigenvalue weighted by Gasteiger charge is -2.17. The van der Waals surface area contributed by atoms with Crippen molar-refractivity contribution in [1.29, 1.82) is 0 Å². The SMILES string of the molecule is CCC(C)C(N)C(=O)Nc1cccc(-n2ccnn2)c1.Cl. The topological polar surface area (TPSA) is 85.8 Å². The normalized spacial score (nSPS) is 13.1. The van der Waals surface area contributed by atoms with Crippen molar-refractivity contribution in [2.75, 3.05) is 5.32 Å². The van der Waals surface area contributed by atoms with Crippen LogP contribution in [0.25, 0.3) is 5.69 Å². The summed E-state index contributed by atoms with van der Waals surface area (Å²) in [6.07, 6.45) is 4.21. The zero-order valence-electron chi connectivity index (χ0n) is 12.1. The third-order valence-corrected chi connectivity index (χ3v) is 3.36. The fourth-order valence-corrected chi connectivity index (χ4v) is 1.81. The number of carbonyl (C=O) groups is 1. The Labute approximate surface area is 130 Å². The number of nitrogens with one attached hydrogen (secondary N) is 1. The first-order valence-electron chi connectivity index (χ1n) is 6.65. The Hall–Kier alpha value is -1.92. The van der Waals surface area contributed by atoms with Gasteiger partial charge in [0, 0.05) is 5.69 Å². The Morgan fingerprint density at radius 1 is 1.48 bits per heavy atom. The van der Waals surface area contributed by atoms with Crippen LogP contribution in [0.4, 0.5) is 5.69 Å². The summed E-state index contributed by atoms with van der Waals surface area (Å²) in [4.78, 5) is 12.0. The molecule has 6 nitrogen and oxygen atoms in total. The van der Waals surface area contributed by atoms with Crippen molar-refractivity contribution < 1.29 is 4.79 Å². The summed E-state index contributed by atoms with van der Waals surface area (Å²) < 4.78 is 1.63. The van der Waals surface area contributed by atoms with Crippen LogP contribution >= 0.6 is 12.4 Å². The standard InChI is InChI=1S/C14H19N5O.ClH/c1-3-10(2)13(15)14(20)17-11-5-4-6-12(9-11)19-8-7-16-18-19;/h4-10,13H,3,15H2,1-2H3,(H,17,20);1H. The van der Waals surface area contributed by atoms with Gasteiger partial charge in [0.1, 0.15) is 0 Å². The Morgan fingerprint density at radius 3 is 2.86 bits per heavy atom. The molecule has 2 unspecified atom stereocenters. The van der Waals surface area contributed by atoms with Gasteiger partial charge >= 0.3 is 0 Å². The third-order valence-electron chi connectivity index (χ3n) is 3.36. The third kappa shape index (κ3) is 4.27. The molecule has 21 heavy (non-hydrogen) atoms. The highest BCUT2D eigenvalue weighted by molar-refractivity contribution is 5.95. The molecule has 0 spiro atoms. The molecule has 0 saturated heterocycles. The van der Waals surface area contributed by atoms with Gasteiger partial charge in [-0.05, 0) is 24.1 Å². The van der Waals surface area contributed by atoms with Gasteiger partial charge in [-0.1, -0.05) is 31.5 Å². The molecule has 3 N–H and O–H groups in total. The van der Waals surface area contributed by atoms with E-state index in [9.17, 15) is 4.79 Å². The second-order valence-corrected chi connectivity index (χ2v) is 4.80. The Balaban J connectivity index is 0.00000220. The first kappa shape index (κ1) is 17.1. The molecule has 0 aliphatic heterocycles. The smallest absolute Gasteiger partial charge is 0.241 e. The van der Waals surface area contributed by atoms with E-state index in [0.717, 1.165) is 12.1 Å². The van der Waals surface area contributed by atoms with E-state index in [-0.39, 0.29) is 24.2 Å². The highest BCUT2D eigenvalue weighted by Crippen LogP contribution is 2.15. The van der Waals surface area contributed by atoms with Crippen molar-refractivity contribution >= 4 is 24.0 Å². The molecule has 0 bridgehead atoms. The van der Waals surface area contributed by atoms with Crippen molar-refractivity contribution in [3.05, 3.63) is 36.7 Å². The molecule has 2 atom stereocenters. The van der Waals surface area contributed by atoms with Gasteiger partial charge in [0.2, 0.25) is 5.91 Å². The van der Waals surface area contributed by atoms with Crippen molar-refractivity contribution in [1.82, 2.24) is 15.0 Å². The van der Waals surface area contributed by atoms with Gasteiger partial charge in [-0.15, -0.1) is 17.5 Å². The molecule has 1 heterocycles. The van der Waals surface area contributed by atoms with Crippen LogP contribution < -0.4 is 11.1 Å². The van der Waals surface area contributed by atoms with Crippen molar-refractivity contribution in [2.24, 2.45) is 11.7 Å². The van der Waals surface area contributed by atoms with E-state index in [1.807, 2.05) is 38.1 Å². The first-order chi connectivity index (χ1) is 9.61. The summed E-state index contributed by atoms with van der Waals surface area (Å²) in [5.74, 6) is -0.0245. The molecule has 2 aromatic rings. The number of halogens is 1. The Morgan fingerprint density at radius 2 is 2.24 bits per heavy atom. The van der Waals surface area contributed by atoms with E-state index >= 15 is 0 Å². The molecule has 0 aliphatic carbocycles. The number of nitrogens with zero attached hydrogens (tertiary/aromatic N) is 3. The van der Waals surface area contributed by atoms with Gasteiger partial charge in [-0.2, -0.15) is 0 Å². The first-order valence-corrected chi connectivity index (χ1v) is 6.65. The Bertz CT molecular complexity index is 573. The number of anilines is 1. The van der Waals surface area contributed by atoms with Crippen LogP contribution in [0.15, 0.2) is 36.7 Å². The van der Waals surface area contributed by atoms with Crippen LogP contribution in [0.2, 0.25) is 0 Å². The van der Waals surface area contributed by atoms with E-state index in [0.29, 0.717) is 5.69 Å². The van der Waals surface area contributed by atoms with Crippen LogP contribution in [0.5, 0.6) is 0 Å². The molecule has 1 aromatic carbocycles. The monoisotopic (exact) mass is 309 g/mol. The molecule has 0 fully saturated rings. The lowest BCUT2D eigenvalue weighted by Crippen LogP contribution is -2.40. The van der Waals surface area contributed by atoms with Crippen LogP contribution in [0.1, 0.15) is 20.3 Å². The van der Waals surface area contributed by atoms with Crippen molar-refractivity contribution in [3.8, 4) is 5.69 Å². The van der Waals surface area contributed by atoms with Crippen molar-refractivity contribution in [2.45, 2.75) is 26.3 Å². The van der Waals surface area contributed by atoms with Gasteiger partial charge in [-0.25, -0.2) is 4.68 Å². The summed E-state index contributed by atoms with van der Waals surface area (Å²) >= 11 is 0. The predicted molar refractivity (Wildman–Crippen MR) is 84.7 cm³/mol. The van der Waals surface area contributed by atoms with E-state index in [1.165, 1.54) is 0 Å². The number of hydrogen-bond acceptors (Lipinski definition) is 4. The van der Waals surface area contributed by atoms with E-state index in [2.05, 4.69) is 15.6 Å². The zero-order valence-corrected chi connectivity index (χ0v) is 12.9. The minimum atomic E-state index is -0.505. The summed E-state index contributed by atoms with van der Waals surface area (Å²) in [7, 11) is 0.